The van der Waals surface area contributed by atoms with E-state index in [1.54, 1.807) is 31.4 Å². The van der Waals surface area contributed by atoms with E-state index in [-0.39, 0.29) is 12.0 Å². The third-order valence-electron chi connectivity index (χ3n) is 4.89. The molecule has 0 bridgehead atoms. The van der Waals surface area contributed by atoms with Gasteiger partial charge < -0.3 is 19.5 Å². The third kappa shape index (κ3) is 6.05. The van der Waals surface area contributed by atoms with E-state index in [0.717, 1.165) is 25.0 Å². The molecule has 164 valence electrons. The zero-order valence-corrected chi connectivity index (χ0v) is 17.9. The molecule has 0 unspecified atom stereocenters. The van der Waals surface area contributed by atoms with Crippen molar-refractivity contribution in [1.82, 2.24) is 5.32 Å². The summed E-state index contributed by atoms with van der Waals surface area (Å²) in [5.74, 6) is 0.106. The van der Waals surface area contributed by atoms with Gasteiger partial charge in [-0.2, -0.15) is 0 Å². The van der Waals surface area contributed by atoms with Gasteiger partial charge in [0.1, 0.15) is 5.75 Å². The molecule has 2 aromatic carbocycles. The second kappa shape index (κ2) is 10.6. The lowest BCUT2D eigenvalue weighted by molar-refractivity contribution is 0.0600. The molecule has 2 aromatic rings. The zero-order valence-electron chi connectivity index (χ0n) is 17.9. The molecule has 0 radical (unpaired) electrons. The number of carbonyl (C=O) groups excluding carboxylic acids is 2. The molecule has 0 aliphatic carbocycles. The van der Waals surface area contributed by atoms with Gasteiger partial charge >= 0.3 is 5.97 Å². The molecule has 3 rings (SSSR count). The number of anilines is 1. The average Bonchev–Trinajstić information content (AvgIpc) is 3.31. The van der Waals surface area contributed by atoms with Gasteiger partial charge in [-0.15, -0.1) is 0 Å². The van der Waals surface area contributed by atoms with E-state index in [1.807, 2.05) is 25.1 Å². The number of ether oxygens (including phenoxy) is 3. The Morgan fingerprint density at radius 2 is 1.87 bits per heavy atom. The van der Waals surface area contributed by atoms with Gasteiger partial charge in [-0.1, -0.05) is 6.07 Å². The van der Waals surface area contributed by atoms with Crippen molar-refractivity contribution < 1.29 is 23.8 Å². The fourth-order valence-corrected chi connectivity index (χ4v) is 3.19. The van der Waals surface area contributed by atoms with Crippen molar-refractivity contribution in [3.05, 3.63) is 59.2 Å². The molecule has 0 spiro atoms. The minimum absolute atomic E-state index is 0.0347. The van der Waals surface area contributed by atoms with Crippen molar-refractivity contribution in [2.45, 2.75) is 25.9 Å². The number of guanidine groups is 1. The van der Waals surface area contributed by atoms with Crippen molar-refractivity contribution >= 4 is 23.5 Å². The number of nitrogens with one attached hydrogen (secondary N) is 2. The maximum atomic E-state index is 12.8. The summed E-state index contributed by atoms with van der Waals surface area (Å²) >= 11 is 0. The standard InChI is InChI=1S/C23H27N3O5/c1-15-6-11-20(29-2)19(13-15)25-23(24-14-18-5-4-12-31-18)26-21(27)16-7-9-17(10-8-16)22(28)30-3/h6-11,13,18H,4-5,12,14H2,1-3H3,(H2,24,25,26,27)/t18-/m0/s1. The van der Waals surface area contributed by atoms with Gasteiger partial charge in [0.25, 0.3) is 5.91 Å². The minimum Gasteiger partial charge on any atom is -0.495 e. The molecule has 2 N–H and O–H groups in total. The molecule has 1 atom stereocenters. The fourth-order valence-electron chi connectivity index (χ4n) is 3.19. The highest BCUT2D eigenvalue weighted by Crippen LogP contribution is 2.25. The number of benzene rings is 2. The lowest BCUT2D eigenvalue weighted by atomic mass is 10.1. The Labute approximate surface area is 181 Å². The van der Waals surface area contributed by atoms with Gasteiger partial charge in [0, 0.05) is 12.2 Å². The summed E-state index contributed by atoms with van der Waals surface area (Å²) in [6.45, 7) is 3.13. The number of hydrogen-bond acceptors (Lipinski definition) is 6. The molecule has 0 aromatic heterocycles. The lowest BCUT2D eigenvalue weighted by Gasteiger charge is -2.16. The van der Waals surface area contributed by atoms with Gasteiger partial charge in [-0.25, -0.2) is 9.79 Å². The van der Waals surface area contributed by atoms with Crippen LogP contribution in [-0.2, 0) is 9.47 Å². The Kier molecular flexibility index (Phi) is 7.61. The van der Waals surface area contributed by atoms with Crippen LogP contribution in [0.3, 0.4) is 0 Å². The summed E-state index contributed by atoms with van der Waals surface area (Å²) < 4.78 is 15.7. The number of aryl methyl sites for hydroxylation is 1. The molecule has 1 fully saturated rings. The van der Waals surface area contributed by atoms with Crippen LogP contribution in [0.25, 0.3) is 0 Å². The van der Waals surface area contributed by atoms with E-state index >= 15 is 0 Å². The van der Waals surface area contributed by atoms with Crippen molar-refractivity contribution in [3.8, 4) is 5.75 Å². The summed E-state index contributed by atoms with van der Waals surface area (Å²) in [7, 11) is 2.89. The van der Waals surface area contributed by atoms with Gasteiger partial charge in [0.05, 0.1) is 38.1 Å². The van der Waals surface area contributed by atoms with Crippen LogP contribution in [0.1, 0.15) is 39.1 Å². The molecule has 1 heterocycles. The molecular formula is C23H27N3O5. The maximum Gasteiger partial charge on any atom is 0.337 e. The van der Waals surface area contributed by atoms with Crippen LogP contribution in [0.2, 0.25) is 0 Å². The normalized spacial score (nSPS) is 16.0. The van der Waals surface area contributed by atoms with Gasteiger partial charge in [0.2, 0.25) is 5.96 Å². The molecule has 31 heavy (non-hydrogen) atoms. The summed E-state index contributed by atoms with van der Waals surface area (Å²) in [6, 6.07) is 11.9. The van der Waals surface area contributed by atoms with Crippen LogP contribution in [0.15, 0.2) is 47.5 Å². The minimum atomic E-state index is -0.459. The number of carbonyl (C=O) groups is 2. The van der Waals surface area contributed by atoms with E-state index in [2.05, 4.69) is 20.4 Å². The summed E-state index contributed by atoms with van der Waals surface area (Å²) in [5.41, 5.74) is 2.48. The number of rotatable bonds is 6. The first kappa shape index (κ1) is 22.3. The van der Waals surface area contributed by atoms with E-state index in [1.165, 1.54) is 7.11 Å². The van der Waals surface area contributed by atoms with Crippen LogP contribution in [0, 0.1) is 6.92 Å². The van der Waals surface area contributed by atoms with Crippen molar-refractivity contribution in [2.75, 3.05) is 32.7 Å². The highest BCUT2D eigenvalue weighted by atomic mass is 16.5. The topological polar surface area (TPSA) is 98.3 Å². The number of aliphatic imine (C=N–C) groups is 1. The number of nitrogens with zero attached hydrogens (tertiary/aromatic N) is 1. The van der Waals surface area contributed by atoms with E-state index < -0.39 is 5.97 Å². The van der Waals surface area contributed by atoms with Gasteiger partial charge in [-0.05, 0) is 61.7 Å². The summed E-state index contributed by atoms with van der Waals surface area (Å²) in [4.78, 5) is 29.0. The van der Waals surface area contributed by atoms with E-state index in [4.69, 9.17) is 9.47 Å². The first-order valence-electron chi connectivity index (χ1n) is 10.1. The Bertz CT molecular complexity index is 950. The summed E-state index contributed by atoms with van der Waals surface area (Å²) in [6.07, 6.45) is 1.98. The molecule has 1 amide bonds. The molecule has 1 saturated heterocycles. The third-order valence-corrected chi connectivity index (χ3v) is 4.89. The molecule has 0 saturated carbocycles. The monoisotopic (exact) mass is 425 g/mol. The van der Waals surface area contributed by atoms with E-state index in [9.17, 15) is 9.59 Å². The maximum absolute atomic E-state index is 12.8. The van der Waals surface area contributed by atoms with Crippen LogP contribution in [0.4, 0.5) is 5.69 Å². The van der Waals surface area contributed by atoms with Crippen LogP contribution >= 0.6 is 0 Å². The highest BCUT2D eigenvalue weighted by molar-refractivity contribution is 6.10. The smallest absolute Gasteiger partial charge is 0.337 e. The van der Waals surface area contributed by atoms with Crippen LogP contribution in [-0.4, -0.2) is 51.3 Å². The molecule has 1 aliphatic heterocycles. The van der Waals surface area contributed by atoms with Crippen LogP contribution in [0.5, 0.6) is 5.75 Å². The number of methoxy groups -OCH3 is 2. The second-order valence-electron chi connectivity index (χ2n) is 7.18. The van der Waals surface area contributed by atoms with E-state index in [0.29, 0.717) is 35.1 Å². The van der Waals surface area contributed by atoms with Crippen molar-refractivity contribution in [3.63, 3.8) is 0 Å². The number of esters is 1. The zero-order chi connectivity index (χ0) is 22.2. The summed E-state index contributed by atoms with van der Waals surface area (Å²) in [5, 5.41) is 5.98. The first-order valence-corrected chi connectivity index (χ1v) is 10.1. The molecular weight excluding hydrogens is 398 g/mol. The predicted molar refractivity (Wildman–Crippen MR) is 118 cm³/mol. The van der Waals surface area contributed by atoms with Crippen LogP contribution < -0.4 is 15.4 Å². The number of amides is 1. The first-order chi connectivity index (χ1) is 15.0. The van der Waals surface area contributed by atoms with Crippen molar-refractivity contribution in [2.24, 2.45) is 4.99 Å². The SMILES string of the molecule is COC(=O)c1ccc(C(=O)NC(=NC[C@@H]2CCCO2)Nc2cc(C)ccc2OC)cc1. The Morgan fingerprint density at radius 3 is 2.52 bits per heavy atom. The average molecular weight is 425 g/mol. The Balaban J connectivity index is 1.79. The highest BCUT2D eigenvalue weighted by Gasteiger charge is 2.17. The van der Waals surface area contributed by atoms with Gasteiger partial charge in [-0.3, -0.25) is 10.1 Å². The second-order valence-corrected chi connectivity index (χ2v) is 7.18. The van der Waals surface area contributed by atoms with Gasteiger partial charge in [0.15, 0.2) is 0 Å². The fraction of sp³-hybridized carbons (Fsp3) is 0.348. The largest absolute Gasteiger partial charge is 0.495 e. The van der Waals surface area contributed by atoms with Crippen molar-refractivity contribution in [1.29, 1.82) is 0 Å². The molecule has 8 heteroatoms. The lowest BCUT2D eigenvalue weighted by Crippen LogP contribution is -2.37. The Hall–Kier alpha value is -3.39. The Morgan fingerprint density at radius 1 is 1.13 bits per heavy atom. The quantitative estimate of drug-likeness (QED) is 0.419. The molecule has 8 nitrogen and oxygen atoms in total. The number of hydrogen-bond donors (Lipinski definition) is 2. The predicted octanol–water partition coefficient (Wildman–Crippen LogP) is 3.17. The molecule has 1 aliphatic rings.